The van der Waals surface area contributed by atoms with Crippen molar-refractivity contribution in [2.75, 3.05) is 11.9 Å². The second kappa shape index (κ2) is 9.21. The SMILES string of the molecule is C[C@@H]1CCC[C@H](C)N1C(=O)c1ccc(NC(=O)COc2ccc3ccccc3c2)cc1. The number of ether oxygens (including phenoxy) is 1. The zero-order chi connectivity index (χ0) is 21.8. The van der Waals surface area contributed by atoms with Gasteiger partial charge < -0.3 is 15.0 Å². The lowest BCUT2D eigenvalue weighted by atomic mass is 9.96. The molecule has 4 rings (SSSR count). The Kier molecular flexibility index (Phi) is 6.21. The summed E-state index contributed by atoms with van der Waals surface area (Å²) in [7, 11) is 0. The molecule has 0 radical (unpaired) electrons. The van der Waals surface area contributed by atoms with Gasteiger partial charge >= 0.3 is 0 Å². The third-order valence-electron chi connectivity index (χ3n) is 5.93. The van der Waals surface area contributed by atoms with Crippen LogP contribution in [0.15, 0.2) is 66.7 Å². The van der Waals surface area contributed by atoms with Crippen LogP contribution in [-0.2, 0) is 4.79 Å². The number of rotatable bonds is 5. The van der Waals surface area contributed by atoms with Gasteiger partial charge in [-0.15, -0.1) is 0 Å². The van der Waals surface area contributed by atoms with Crippen LogP contribution < -0.4 is 10.1 Å². The van der Waals surface area contributed by atoms with Crippen LogP contribution >= 0.6 is 0 Å². The maximum Gasteiger partial charge on any atom is 0.262 e. The summed E-state index contributed by atoms with van der Waals surface area (Å²) >= 11 is 0. The number of carbonyl (C=O) groups excluding carboxylic acids is 2. The van der Waals surface area contributed by atoms with E-state index in [2.05, 4.69) is 19.2 Å². The highest BCUT2D eigenvalue weighted by molar-refractivity contribution is 5.96. The first-order valence-corrected chi connectivity index (χ1v) is 10.9. The van der Waals surface area contributed by atoms with Crippen LogP contribution in [0.2, 0.25) is 0 Å². The Labute approximate surface area is 183 Å². The van der Waals surface area contributed by atoms with Gasteiger partial charge in [-0.1, -0.05) is 30.3 Å². The molecule has 2 atom stereocenters. The molecule has 0 aromatic heterocycles. The minimum Gasteiger partial charge on any atom is -0.484 e. The molecular formula is C26H28N2O3. The molecule has 1 saturated heterocycles. The molecule has 2 amide bonds. The highest BCUT2D eigenvalue weighted by Gasteiger charge is 2.29. The van der Waals surface area contributed by atoms with Crippen LogP contribution in [0.25, 0.3) is 10.8 Å². The second-order valence-corrected chi connectivity index (χ2v) is 8.26. The van der Waals surface area contributed by atoms with Gasteiger partial charge in [-0.25, -0.2) is 0 Å². The predicted molar refractivity (Wildman–Crippen MR) is 123 cm³/mol. The summed E-state index contributed by atoms with van der Waals surface area (Å²) in [6.07, 6.45) is 3.25. The molecule has 1 aliphatic rings. The molecule has 5 heteroatoms. The number of carbonyl (C=O) groups is 2. The van der Waals surface area contributed by atoms with E-state index in [0.717, 1.165) is 23.6 Å². The van der Waals surface area contributed by atoms with E-state index in [1.807, 2.05) is 47.4 Å². The normalized spacial score (nSPS) is 18.6. The van der Waals surface area contributed by atoms with Crippen molar-refractivity contribution in [1.82, 2.24) is 4.90 Å². The van der Waals surface area contributed by atoms with E-state index >= 15 is 0 Å². The zero-order valence-corrected chi connectivity index (χ0v) is 18.0. The van der Waals surface area contributed by atoms with E-state index in [1.54, 1.807) is 24.3 Å². The van der Waals surface area contributed by atoms with Crippen molar-refractivity contribution in [3.05, 3.63) is 72.3 Å². The number of anilines is 1. The first kappa shape index (κ1) is 20.9. The minimum absolute atomic E-state index is 0.0530. The zero-order valence-electron chi connectivity index (χ0n) is 18.0. The number of hydrogen-bond donors (Lipinski definition) is 1. The van der Waals surface area contributed by atoms with Gasteiger partial charge in [-0.05, 0) is 80.3 Å². The number of likely N-dealkylation sites (tertiary alicyclic amines) is 1. The van der Waals surface area contributed by atoms with Gasteiger partial charge in [0.2, 0.25) is 0 Å². The Bertz CT molecular complexity index is 1070. The Balaban J connectivity index is 1.33. The number of nitrogens with one attached hydrogen (secondary N) is 1. The minimum atomic E-state index is -0.245. The highest BCUT2D eigenvalue weighted by Crippen LogP contribution is 2.25. The molecule has 1 fully saturated rings. The summed E-state index contributed by atoms with van der Waals surface area (Å²) in [5.41, 5.74) is 1.29. The molecule has 1 aliphatic heterocycles. The van der Waals surface area contributed by atoms with Crippen LogP contribution in [-0.4, -0.2) is 35.4 Å². The number of fused-ring (bicyclic) bond motifs is 1. The van der Waals surface area contributed by atoms with Gasteiger partial charge in [0, 0.05) is 23.3 Å². The summed E-state index contributed by atoms with van der Waals surface area (Å²) < 4.78 is 5.64. The summed E-state index contributed by atoms with van der Waals surface area (Å²) in [5.74, 6) is 0.460. The average molecular weight is 417 g/mol. The molecule has 0 aliphatic carbocycles. The molecule has 0 spiro atoms. The van der Waals surface area contributed by atoms with E-state index < -0.39 is 0 Å². The molecule has 5 nitrogen and oxygen atoms in total. The molecular weight excluding hydrogens is 388 g/mol. The number of amides is 2. The van der Waals surface area contributed by atoms with E-state index in [-0.39, 0.29) is 30.5 Å². The molecule has 3 aromatic rings. The third-order valence-corrected chi connectivity index (χ3v) is 5.93. The van der Waals surface area contributed by atoms with Crippen LogP contribution in [0.4, 0.5) is 5.69 Å². The molecule has 1 heterocycles. The molecule has 31 heavy (non-hydrogen) atoms. The van der Waals surface area contributed by atoms with E-state index in [9.17, 15) is 9.59 Å². The number of benzene rings is 3. The van der Waals surface area contributed by atoms with Gasteiger partial charge in [0.15, 0.2) is 6.61 Å². The van der Waals surface area contributed by atoms with E-state index in [4.69, 9.17) is 4.74 Å². The van der Waals surface area contributed by atoms with Crippen molar-refractivity contribution in [2.45, 2.75) is 45.2 Å². The fraction of sp³-hybridized carbons (Fsp3) is 0.308. The lowest BCUT2D eigenvalue weighted by Gasteiger charge is -2.39. The first-order valence-electron chi connectivity index (χ1n) is 10.9. The topological polar surface area (TPSA) is 58.6 Å². The first-order chi connectivity index (χ1) is 15.0. The Morgan fingerprint density at radius 3 is 2.32 bits per heavy atom. The Hall–Kier alpha value is -3.34. The van der Waals surface area contributed by atoms with Crippen LogP contribution in [0, 0.1) is 0 Å². The Morgan fingerprint density at radius 2 is 1.61 bits per heavy atom. The smallest absolute Gasteiger partial charge is 0.262 e. The molecule has 0 saturated carbocycles. The van der Waals surface area contributed by atoms with Crippen molar-refractivity contribution >= 4 is 28.3 Å². The van der Waals surface area contributed by atoms with Gasteiger partial charge in [0.05, 0.1) is 0 Å². The second-order valence-electron chi connectivity index (χ2n) is 8.26. The fourth-order valence-electron chi connectivity index (χ4n) is 4.27. The average Bonchev–Trinajstić information content (AvgIpc) is 2.78. The van der Waals surface area contributed by atoms with Crippen LogP contribution in [0.3, 0.4) is 0 Å². The lowest BCUT2D eigenvalue weighted by molar-refractivity contribution is -0.118. The monoisotopic (exact) mass is 416 g/mol. The molecule has 0 bridgehead atoms. The molecule has 1 N–H and O–H groups in total. The molecule has 0 unspecified atom stereocenters. The van der Waals surface area contributed by atoms with Gasteiger partial charge in [0.25, 0.3) is 11.8 Å². The maximum absolute atomic E-state index is 12.9. The number of piperidine rings is 1. The van der Waals surface area contributed by atoms with Crippen molar-refractivity contribution in [2.24, 2.45) is 0 Å². The summed E-state index contributed by atoms with van der Waals surface area (Å²) in [6, 6.07) is 21.3. The Morgan fingerprint density at radius 1 is 0.935 bits per heavy atom. The van der Waals surface area contributed by atoms with E-state index in [1.165, 1.54) is 6.42 Å². The van der Waals surface area contributed by atoms with Crippen LogP contribution in [0.1, 0.15) is 43.5 Å². The quantitative estimate of drug-likeness (QED) is 0.617. The number of hydrogen-bond acceptors (Lipinski definition) is 3. The van der Waals surface area contributed by atoms with Crippen LogP contribution in [0.5, 0.6) is 5.75 Å². The summed E-state index contributed by atoms with van der Waals surface area (Å²) in [4.78, 5) is 27.2. The highest BCUT2D eigenvalue weighted by atomic mass is 16.5. The fourth-order valence-corrected chi connectivity index (χ4v) is 4.27. The standard InChI is InChI=1S/C26H28N2O3/c1-18-6-5-7-19(2)28(18)26(30)21-10-13-23(14-11-21)27-25(29)17-31-24-15-12-20-8-3-4-9-22(20)16-24/h3-4,8-16,18-19H,5-7,17H2,1-2H3,(H,27,29)/t18-,19+. The maximum atomic E-state index is 12.9. The van der Waals surface area contributed by atoms with Crippen molar-refractivity contribution in [3.8, 4) is 5.75 Å². The predicted octanol–water partition coefficient (Wildman–Crippen LogP) is 5.26. The van der Waals surface area contributed by atoms with E-state index in [0.29, 0.717) is 17.0 Å². The van der Waals surface area contributed by atoms with Gasteiger partial charge in [-0.2, -0.15) is 0 Å². The molecule has 160 valence electrons. The van der Waals surface area contributed by atoms with Crippen molar-refractivity contribution in [1.29, 1.82) is 0 Å². The van der Waals surface area contributed by atoms with Crippen molar-refractivity contribution < 1.29 is 14.3 Å². The van der Waals surface area contributed by atoms with Crippen molar-refractivity contribution in [3.63, 3.8) is 0 Å². The number of nitrogens with zero attached hydrogens (tertiary/aromatic N) is 1. The molecule has 3 aromatic carbocycles. The summed E-state index contributed by atoms with van der Waals surface area (Å²) in [6.45, 7) is 4.14. The van der Waals surface area contributed by atoms with Gasteiger partial charge in [-0.3, -0.25) is 9.59 Å². The largest absolute Gasteiger partial charge is 0.484 e. The summed E-state index contributed by atoms with van der Waals surface area (Å²) in [5, 5.41) is 5.02. The lowest BCUT2D eigenvalue weighted by Crippen LogP contribution is -2.47. The third kappa shape index (κ3) is 4.88. The van der Waals surface area contributed by atoms with Gasteiger partial charge in [0.1, 0.15) is 5.75 Å².